The van der Waals surface area contributed by atoms with Crippen molar-refractivity contribution in [2.75, 3.05) is 6.61 Å². The van der Waals surface area contributed by atoms with Crippen molar-refractivity contribution in [3.63, 3.8) is 0 Å². The zero-order valence-corrected chi connectivity index (χ0v) is 17.8. The van der Waals surface area contributed by atoms with Gasteiger partial charge >= 0.3 is 0 Å². The van der Waals surface area contributed by atoms with Gasteiger partial charge in [-0.1, -0.05) is 32.0 Å². The molecule has 1 atom stereocenters. The van der Waals surface area contributed by atoms with Crippen molar-refractivity contribution in [1.82, 2.24) is 10.3 Å². The number of carbonyl (C=O) groups is 1. The number of rotatable bonds is 8. The highest BCUT2D eigenvalue weighted by Crippen LogP contribution is 2.27. The maximum Gasteiger partial charge on any atom is 0.270 e. The number of hydrogen-bond donors (Lipinski definition) is 1. The van der Waals surface area contributed by atoms with E-state index in [1.54, 1.807) is 17.5 Å². The van der Waals surface area contributed by atoms with Crippen LogP contribution >= 0.6 is 11.3 Å². The number of non-ortho nitro benzene ring substituents is 1. The first-order chi connectivity index (χ1) is 14.3. The smallest absolute Gasteiger partial charge is 0.270 e. The summed E-state index contributed by atoms with van der Waals surface area (Å²) in [7, 11) is 0. The van der Waals surface area contributed by atoms with E-state index in [2.05, 4.69) is 10.3 Å². The van der Waals surface area contributed by atoms with Crippen molar-refractivity contribution in [3.8, 4) is 16.3 Å². The third kappa shape index (κ3) is 5.21. The van der Waals surface area contributed by atoms with Gasteiger partial charge in [0, 0.05) is 29.3 Å². The van der Waals surface area contributed by atoms with Gasteiger partial charge in [-0.25, -0.2) is 4.98 Å². The van der Waals surface area contributed by atoms with Crippen LogP contribution < -0.4 is 10.1 Å². The number of nitrogens with zero attached hydrogens (tertiary/aromatic N) is 2. The van der Waals surface area contributed by atoms with Gasteiger partial charge in [-0.15, -0.1) is 11.3 Å². The van der Waals surface area contributed by atoms with E-state index >= 15 is 0 Å². The highest BCUT2D eigenvalue weighted by Gasteiger charge is 2.20. The summed E-state index contributed by atoms with van der Waals surface area (Å²) < 4.78 is 5.72. The predicted octanol–water partition coefficient (Wildman–Crippen LogP) is 5.24. The number of thiazole rings is 1. The van der Waals surface area contributed by atoms with Crippen molar-refractivity contribution in [2.45, 2.75) is 26.8 Å². The van der Waals surface area contributed by atoms with Crippen LogP contribution in [0.3, 0.4) is 0 Å². The third-order valence-electron chi connectivity index (χ3n) is 4.40. The first kappa shape index (κ1) is 21.4. The lowest BCUT2D eigenvalue weighted by Crippen LogP contribution is -2.27. The van der Waals surface area contributed by atoms with Crippen LogP contribution in [0.15, 0.2) is 54.0 Å². The summed E-state index contributed by atoms with van der Waals surface area (Å²) in [6.45, 7) is 6.25. The van der Waals surface area contributed by atoms with E-state index in [0.29, 0.717) is 12.4 Å². The van der Waals surface area contributed by atoms with Gasteiger partial charge < -0.3 is 10.1 Å². The van der Waals surface area contributed by atoms with Crippen LogP contribution in [0.25, 0.3) is 10.6 Å². The lowest BCUT2D eigenvalue weighted by Gasteiger charge is -2.17. The van der Waals surface area contributed by atoms with Crippen LogP contribution in [0.4, 0.5) is 5.69 Å². The van der Waals surface area contributed by atoms with Crippen LogP contribution in [-0.4, -0.2) is 22.4 Å². The van der Waals surface area contributed by atoms with Gasteiger partial charge in [0.2, 0.25) is 0 Å². The molecule has 7 nitrogen and oxygen atoms in total. The molecule has 1 unspecified atom stereocenters. The fraction of sp³-hybridized carbons (Fsp3) is 0.273. The summed E-state index contributed by atoms with van der Waals surface area (Å²) in [5.41, 5.74) is 1.87. The molecule has 1 N–H and O–H groups in total. The van der Waals surface area contributed by atoms with Gasteiger partial charge in [0.15, 0.2) is 0 Å². The molecule has 8 heteroatoms. The Labute approximate surface area is 178 Å². The lowest BCUT2D eigenvalue weighted by molar-refractivity contribution is -0.384. The number of nitro groups is 1. The normalized spacial score (nSPS) is 11.9. The number of benzene rings is 2. The Bertz CT molecular complexity index is 1030. The average Bonchev–Trinajstić information content (AvgIpc) is 3.27. The minimum absolute atomic E-state index is 0.146. The van der Waals surface area contributed by atoms with Gasteiger partial charge in [-0.3, -0.25) is 14.9 Å². The molecule has 0 bridgehead atoms. The van der Waals surface area contributed by atoms with Crippen molar-refractivity contribution in [3.05, 3.63) is 75.3 Å². The highest BCUT2D eigenvalue weighted by molar-refractivity contribution is 7.13. The number of aromatic nitrogens is 1. The van der Waals surface area contributed by atoms with Crippen LogP contribution in [0.2, 0.25) is 0 Å². The molecule has 1 heterocycles. The zero-order chi connectivity index (χ0) is 21.7. The van der Waals surface area contributed by atoms with E-state index < -0.39 is 10.8 Å². The van der Waals surface area contributed by atoms with Gasteiger partial charge in [-0.2, -0.15) is 0 Å². The van der Waals surface area contributed by atoms with Gasteiger partial charge in [0.25, 0.3) is 11.6 Å². The van der Waals surface area contributed by atoms with Crippen LogP contribution in [0.1, 0.15) is 42.7 Å². The fourth-order valence-corrected chi connectivity index (χ4v) is 3.49. The van der Waals surface area contributed by atoms with Crippen molar-refractivity contribution < 1.29 is 14.5 Å². The number of carbonyl (C=O) groups excluding carboxylic acids is 1. The minimum Gasteiger partial charge on any atom is -0.492 e. The Balaban J connectivity index is 1.83. The molecule has 0 saturated heterocycles. The Morgan fingerprint density at radius 2 is 2.03 bits per heavy atom. The lowest BCUT2D eigenvalue weighted by atomic mass is 10.0. The van der Waals surface area contributed by atoms with Crippen molar-refractivity contribution in [1.29, 1.82) is 0 Å². The maximum absolute atomic E-state index is 13.0. The Morgan fingerprint density at radius 1 is 1.23 bits per heavy atom. The molecule has 0 radical (unpaired) electrons. The number of ether oxygens (including phenoxy) is 1. The Morgan fingerprint density at radius 3 is 2.70 bits per heavy atom. The van der Waals surface area contributed by atoms with Crippen LogP contribution in [0, 0.1) is 16.0 Å². The molecule has 0 fully saturated rings. The maximum atomic E-state index is 13.0. The van der Waals surface area contributed by atoms with E-state index in [-0.39, 0.29) is 23.2 Å². The van der Waals surface area contributed by atoms with E-state index in [0.717, 1.165) is 16.1 Å². The number of nitrogens with one attached hydrogen (secondary N) is 1. The quantitative estimate of drug-likeness (QED) is 0.393. The minimum atomic E-state index is -0.524. The molecule has 2 aromatic carbocycles. The summed E-state index contributed by atoms with van der Waals surface area (Å²) in [5, 5.41) is 16.9. The number of hydrogen-bond acceptors (Lipinski definition) is 6. The molecule has 3 rings (SSSR count). The SMILES string of the molecule is CC(C)COc1ccc([N+](=O)[O-])cc1C(=O)NC(C)c1cccc(-c2nccs2)c1. The number of nitro benzene ring substituents is 1. The van der Waals surface area contributed by atoms with E-state index in [4.69, 9.17) is 4.74 Å². The first-order valence-electron chi connectivity index (χ1n) is 9.57. The van der Waals surface area contributed by atoms with Gasteiger partial charge in [0.1, 0.15) is 10.8 Å². The summed E-state index contributed by atoms with van der Waals surface area (Å²) in [6, 6.07) is 11.5. The summed E-state index contributed by atoms with van der Waals surface area (Å²) >= 11 is 1.54. The molecule has 156 valence electrons. The summed E-state index contributed by atoms with van der Waals surface area (Å²) in [5.74, 6) is 0.156. The largest absolute Gasteiger partial charge is 0.492 e. The predicted molar refractivity (Wildman–Crippen MR) is 117 cm³/mol. The molecule has 0 saturated carbocycles. The molecule has 1 amide bonds. The van der Waals surface area contributed by atoms with Crippen molar-refractivity contribution in [2.24, 2.45) is 5.92 Å². The monoisotopic (exact) mass is 425 g/mol. The molecule has 0 aliphatic heterocycles. The molecular weight excluding hydrogens is 402 g/mol. The van der Waals surface area contributed by atoms with E-state index in [9.17, 15) is 14.9 Å². The molecular formula is C22H23N3O4S. The van der Waals surface area contributed by atoms with E-state index in [1.165, 1.54) is 18.2 Å². The van der Waals surface area contributed by atoms with E-state index in [1.807, 2.05) is 50.4 Å². The van der Waals surface area contributed by atoms with Gasteiger partial charge in [0.05, 0.1) is 23.1 Å². The molecule has 0 spiro atoms. The Kier molecular flexibility index (Phi) is 6.79. The van der Waals surface area contributed by atoms with Gasteiger partial charge in [-0.05, 0) is 30.5 Å². The van der Waals surface area contributed by atoms with Crippen LogP contribution in [0.5, 0.6) is 5.75 Å². The van der Waals surface area contributed by atoms with Crippen LogP contribution in [-0.2, 0) is 0 Å². The van der Waals surface area contributed by atoms with Crippen molar-refractivity contribution >= 4 is 22.9 Å². The zero-order valence-electron chi connectivity index (χ0n) is 17.0. The molecule has 30 heavy (non-hydrogen) atoms. The third-order valence-corrected chi connectivity index (χ3v) is 5.23. The topological polar surface area (TPSA) is 94.4 Å². The second-order valence-corrected chi connectivity index (χ2v) is 8.19. The second-order valence-electron chi connectivity index (χ2n) is 7.30. The molecule has 1 aromatic heterocycles. The summed E-state index contributed by atoms with van der Waals surface area (Å²) in [6.07, 6.45) is 1.75. The Hall–Kier alpha value is -3.26. The summed E-state index contributed by atoms with van der Waals surface area (Å²) in [4.78, 5) is 27.9. The second kappa shape index (κ2) is 9.49. The fourth-order valence-electron chi connectivity index (χ4n) is 2.86. The standard InChI is InChI=1S/C22H23N3O4S/c1-14(2)13-29-20-8-7-18(25(27)28)12-19(20)21(26)24-15(3)16-5-4-6-17(11-16)22-23-9-10-30-22/h4-12,14-15H,13H2,1-3H3,(H,24,26). The average molecular weight is 426 g/mol. The highest BCUT2D eigenvalue weighted by atomic mass is 32.1. The first-order valence-corrected chi connectivity index (χ1v) is 10.4. The molecule has 0 aliphatic rings. The molecule has 0 aliphatic carbocycles. The molecule has 3 aromatic rings. The number of amides is 1.